The van der Waals surface area contributed by atoms with Crippen molar-refractivity contribution in [2.24, 2.45) is 16.9 Å². The third-order valence-electron chi connectivity index (χ3n) is 8.31. The number of hydrazone groups is 1. The van der Waals surface area contributed by atoms with Gasteiger partial charge >= 0.3 is 0 Å². The molecule has 1 aliphatic heterocycles. The summed E-state index contributed by atoms with van der Waals surface area (Å²) in [4.78, 5) is 42.4. The fourth-order valence-corrected chi connectivity index (χ4v) is 7.02. The second-order valence-corrected chi connectivity index (χ2v) is 11.1. The number of hydrogen-bond acceptors (Lipinski definition) is 4. The molecule has 0 aromatic heterocycles. The first-order chi connectivity index (χ1) is 19.4. The van der Waals surface area contributed by atoms with Gasteiger partial charge in [-0.25, -0.2) is 14.7 Å². The molecule has 0 unspecified atom stereocenters. The lowest BCUT2D eigenvalue weighted by molar-refractivity contribution is -0.122. The van der Waals surface area contributed by atoms with Crippen molar-refractivity contribution in [2.75, 3.05) is 4.90 Å². The Labute approximate surface area is 237 Å². The van der Waals surface area contributed by atoms with Crippen LogP contribution in [-0.2, 0) is 15.0 Å². The van der Waals surface area contributed by atoms with E-state index in [0.717, 1.165) is 26.7 Å². The highest BCUT2D eigenvalue weighted by molar-refractivity contribution is 9.10. The van der Waals surface area contributed by atoms with Crippen LogP contribution in [-0.4, -0.2) is 23.9 Å². The molecule has 3 aliphatic carbocycles. The van der Waals surface area contributed by atoms with E-state index in [4.69, 9.17) is 0 Å². The topological polar surface area (TPSA) is 78.8 Å². The number of hydrogen-bond donors (Lipinski definition) is 1. The summed E-state index contributed by atoms with van der Waals surface area (Å²) < 4.78 is 14.6. The van der Waals surface area contributed by atoms with Gasteiger partial charge in [0.2, 0.25) is 11.8 Å². The van der Waals surface area contributed by atoms with Crippen molar-refractivity contribution in [2.45, 2.75) is 11.3 Å². The minimum Gasteiger partial charge on any atom is -0.274 e. The zero-order valence-corrected chi connectivity index (χ0v) is 22.5. The molecule has 3 amide bonds. The van der Waals surface area contributed by atoms with E-state index in [1.54, 1.807) is 30.5 Å². The van der Waals surface area contributed by atoms with Crippen LogP contribution in [0, 0.1) is 17.7 Å². The van der Waals surface area contributed by atoms with Crippen LogP contribution < -0.4 is 10.3 Å². The number of carbonyl (C=O) groups is 3. The van der Waals surface area contributed by atoms with Gasteiger partial charge in [0.1, 0.15) is 5.82 Å². The van der Waals surface area contributed by atoms with E-state index in [-0.39, 0.29) is 17.7 Å². The first-order valence-electron chi connectivity index (χ1n) is 12.8. The van der Waals surface area contributed by atoms with Gasteiger partial charge in [0, 0.05) is 22.2 Å². The Morgan fingerprint density at radius 1 is 0.850 bits per heavy atom. The van der Waals surface area contributed by atoms with Crippen molar-refractivity contribution >= 4 is 45.6 Å². The number of benzene rings is 4. The van der Waals surface area contributed by atoms with Gasteiger partial charge in [-0.3, -0.25) is 14.4 Å². The molecule has 2 atom stereocenters. The summed E-state index contributed by atoms with van der Waals surface area (Å²) in [6, 6.07) is 27.9. The van der Waals surface area contributed by atoms with Crippen molar-refractivity contribution in [3.8, 4) is 0 Å². The SMILES string of the molecule is O=C(N/N=C/C12c3ccccc3C(c3ccccc31)[C@@H]1C(=O)N(c3ccc(F)cc3)C(=O)[C@@H]12)c1ccc(Br)cc1. The summed E-state index contributed by atoms with van der Waals surface area (Å²) >= 11 is 3.37. The van der Waals surface area contributed by atoms with E-state index in [1.807, 2.05) is 48.5 Å². The average molecular weight is 594 g/mol. The number of rotatable bonds is 4. The Morgan fingerprint density at radius 2 is 1.45 bits per heavy atom. The average Bonchev–Trinajstić information content (AvgIpc) is 3.24. The quantitative estimate of drug-likeness (QED) is 0.191. The number of nitrogens with one attached hydrogen (secondary N) is 1. The maximum Gasteiger partial charge on any atom is 0.271 e. The molecular formula is C32H21BrFN3O3. The first-order valence-corrected chi connectivity index (χ1v) is 13.6. The minimum absolute atomic E-state index is 0.327. The Morgan fingerprint density at radius 3 is 2.08 bits per heavy atom. The molecule has 4 aromatic carbocycles. The maximum absolute atomic E-state index is 14.3. The van der Waals surface area contributed by atoms with Gasteiger partial charge in [-0.05, 0) is 70.8 Å². The largest absolute Gasteiger partial charge is 0.274 e. The summed E-state index contributed by atoms with van der Waals surface area (Å²) in [5, 5.41) is 4.42. The van der Waals surface area contributed by atoms with Gasteiger partial charge in [-0.15, -0.1) is 0 Å². The van der Waals surface area contributed by atoms with E-state index in [9.17, 15) is 18.8 Å². The Kier molecular flexibility index (Phi) is 5.57. The third kappa shape index (κ3) is 3.38. The van der Waals surface area contributed by atoms with Gasteiger partial charge in [-0.2, -0.15) is 5.10 Å². The van der Waals surface area contributed by atoms with Gasteiger partial charge in [0.15, 0.2) is 0 Å². The van der Waals surface area contributed by atoms with E-state index < -0.39 is 29.0 Å². The highest BCUT2D eigenvalue weighted by Crippen LogP contribution is 2.63. The molecule has 196 valence electrons. The van der Waals surface area contributed by atoms with Gasteiger partial charge < -0.3 is 0 Å². The molecule has 0 saturated carbocycles. The molecule has 1 fully saturated rings. The predicted molar refractivity (Wildman–Crippen MR) is 151 cm³/mol. The molecule has 4 aliphatic rings. The van der Waals surface area contributed by atoms with Crippen LogP contribution in [0.4, 0.5) is 10.1 Å². The lowest BCUT2D eigenvalue weighted by Crippen LogP contribution is -2.54. The predicted octanol–water partition coefficient (Wildman–Crippen LogP) is 5.55. The molecule has 8 heteroatoms. The number of imide groups is 1. The lowest BCUT2D eigenvalue weighted by atomic mass is 9.47. The molecule has 1 N–H and O–H groups in total. The van der Waals surface area contributed by atoms with Crippen molar-refractivity contribution in [1.82, 2.24) is 5.43 Å². The Balaban J connectivity index is 1.39. The number of nitrogens with zero attached hydrogens (tertiary/aromatic N) is 2. The Bertz CT molecular complexity index is 1690. The Hall–Kier alpha value is -4.43. The van der Waals surface area contributed by atoms with Crippen molar-refractivity contribution < 1.29 is 18.8 Å². The summed E-state index contributed by atoms with van der Waals surface area (Å²) in [6.07, 6.45) is 1.62. The lowest BCUT2D eigenvalue weighted by Gasteiger charge is -2.52. The van der Waals surface area contributed by atoms with Crippen LogP contribution in [0.15, 0.2) is 107 Å². The molecule has 8 rings (SSSR count). The van der Waals surface area contributed by atoms with Crippen LogP contribution in [0.1, 0.15) is 38.5 Å². The number of amides is 3. The van der Waals surface area contributed by atoms with Crippen molar-refractivity contribution in [3.63, 3.8) is 0 Å². The second kappa shape index (κ2) is 9.06. The molecular weight excluding hydrogens is 573 g/mol. The third-order valence-corrected chi connectivity index (χ3v) is 8.84. The van der Waals surface area contributed by atoms with Gasteiger partial charge in [0.05, 0.1) is 22.9 Å². The van der Waals surface area contributed by atoms with Crippen LogP contribution in [0.3, 0.4) is 0 Å². The van der Waals surface area contributed by atoms with Crippen molar-refractivity contribution in [3.05, 3.63) is 135 Å². The second-order valence-electron chi connectivity index (χ2n) is 10.2. The van der Waals surface area contributed by atoms with E-state index in [1.165, 1.54) is 29.2 Å². The molecule has 1 heterocycles. The zero-order chi connectivity index (χ0) is 27.6. The standard InChI is InChI=1S/C32H21BrFN3O3/c33-19-11-9-18(10-12-19)29(38)36-35-17-32-24-7-3-1-5-22(24)26(23-6-2-4-8-25(23)32)27-28(32)31(40)37(30(27)39)21-15-13-20(34)14-16-21/h1-17,26-28H,(H,36,38)/b35-17+/t26?,27-,28+,32?/m0/s1. The van der Waals surface area contributed by atoms with E-state index in [2.05, 4.69) is 26.5 Å². The maximum atomic E-state index is 14.3. The van der Waals surface area contributed by atoms with E-state index >= 15 is 0 Å². The van der Waals surface area contributed by atoms with Crippen LogP contribution >= 0.6 is 15.9 Å². The van der Waals surface area contributed by atoms with Gasteiger partial charge in [0.25, 0.3) is 5.91 Å². The summed E-state index contributed by atoms with van der Waals surface area (Å²) in [7, 11) is 0. The first kappa shape index (κ1) is 24.6. The number of anilines is 1. The zero-order valence-electron chi connectivity index (χ0n) is 20.9. The highest BCUT2D eigenvalue weighted by atomic mass is 79.9. The number of carbonyl (C=O) groups excluding carboxylic acids is 3. The smallest absolute Gasteiger partial charge is 0.271 e. The molecule has 1 saturated heterocycles. The molecule has 0 radical (unpaired) electrons. The van der Waals surface area contributed by atoms with E-state index in [0.29, 0.717) is 11.3 Å². The van der Waals surface area contributed by atoms with Crippen LogP contribution in [0.5, 0.6) is 0 Å². The van der Waals surface area contributed by atoms with Crippen molar-refractivity contribution in [1.29, 1.82) is 0 Å². The molecule has 6 nitrogen and oxygen atoms in total. The van der Waals surface area contributed by atoms with Gasteiger partial charge in [-0.1, -0.05) is 64.5 Å². The monoisotopic (exact) mass is 593 g/mol. The summed E-state index contributed by atoms with van der Waals surface area (Å²) in [5.74, 6) is -3.36. The highest BCUT2D eigenvalue weighted by Gasteiger charge is 2.68. The normalized spacial score (nSPS) is 24.1. The molecule has 4 aromatic rings. The number of halogens is 2. The summed E-state index contributed by atoms with van der Waals surface area (Å²) in [6.45, 7) is 0. The molecule has 0 spiro atoms. The van der Waals surface area contributed by atoms with Crippen LogP contribution in [0.25, 0.3) is 0 Å². The summed E-state index contributed by atoms with van der Waals surface area (Å²) in [5.41, 5.74) is 5.93. The fourth-order valence-electron chi connectivity index (χ4n) is 6.75. The molecule has 2 bridgehead atoms. The fraction of sp³-hybridized carbons (Fsp3) is 0.125. The minimum atomic E-state index is -1.11. The van der Waals surface area contributed by atoms with Crippen LogP contribution in [0.2, 0.25) is 0 Å². The molecule has 40 heavy (non-hydrogen) atoms.